The second-order valence-corrected chi connectivity index (χ2v) is 16.1. The van der Waals surface area contributed by atoms with E-state index in [1.807, 2.05) is 11.8 Å². The fraction of sp³-hybridized carbons (Fsp3) is 0.525. The monoisotopic (exact) mass is 784 g/mol. The highest BCUT2D eigenvalue weighted by molar-refractivity contribution is 6.00. The molecule has 2 N–H and O–H groups in total. The first-order valence-corrected chi connectivity index (χ1v) is 19.1. The molecule has 3 saturated carbocycles. The number of anilines is 1. The molecular formula is C40H42F6N6O4. The van der Waals surface area contributed by atoms with Crippen LogP contribution in [0, 0.1) is 23.6 Å². The number of alkyl halides is 5. The summed E-state index contributed by atoms with van der Waals surface area (Å²) in [6.45, 7) is 3.24. The molecule has 4 aliphatic rings. The summed E-state index contributed by atoms with van der Waals surface area (Å²) in [7, 11) is 0. The van der Waals surface area contributed by atoms with Crippen LogP contribution in [0.15, 0.2) is 48.9 Å². The van der Waals surface area contributed by atoms with Crippen LogP contribution in [-0.4, -0.2) is 67.2 Å². The Morgan fingerprint density at radius 1 is 0.982 bits per heavy atom. The maximum Gasteiger partial charge on any atom is 0.434 e. The zero-order valence-corrected chi connectivity index (χ0v) is 30.7. The number of amides is 1. The second kappa shape index (κ2) is 14.2. The summed E-state index contributed by atoms with van der Waals surface area (Å²) in [6.07, 6.45) is 1.14. The summed E-state index contributed by atoms with van der Waals surface area (Å²) in [5.41, 5.74) is -3.33. The van der Waals surface area contributed by atoms with Crippen molar-refractivity contribution >= 4 is 28.6 Å². The van der Waals surface area contributed by atoms with Gasteiger partial charge in [0.2, 0.25) is 5.92 Å². The number of pyridine rings is 1. The predicted molar refractivity (Wildman–Crippen MR) is 193 cm³/mol. The van der Waals surface area contributed by atoms with Gasteiger partial charge in [-0.25, -0.2) is 32.9 Å². The number of halogens is 6. The van der Waals surface area contributed by atoms with Gasteiger partial charge in [-0.15, -0.1) is 0 Å². The van der Waals surface area contributed by atoms with Crippen molar-refractivity contribution in [2.24, 2.45) is 17.8 Å². The summed E-state index contributed by atoms with van der Waals surface area (Å²) in [5, 5.41) is 13.2. The molecule has 3 aromatic heterocycles. The molecule has 4 fully saturated rings. The number of benzene rings is 1. The van der Waals surface area contributed by atoms with Crippen molar-refractivity contribution in [1.29, 1.82) is 0 Å². The number of ether oxygens (including phenoxy) is 1. The molecular weight excluding hydrogens is 742 g/mol. The molecule has 8 rings (SSSR count). The molecule has 1 aliphatic heterocycles. The molecule has 4 aromatic rings. The van der Waals surface area contributed by atoms with Crippen LogP contribution in [0.2, 0.25) is 0 Å². The van der Waals surface area contributed by atoms with Crippen LogP contribution in [0.25, 0.3) is 22.3 Å². The third-order valence-corrected chi connectivity index (χ3v) is 12.3. The van der Waals surface area contributed by atoms with Gasteiger partial charge in [-0.3, -0.25) is 4.79 Å². The number of hydrogen-bond donors (Lipinski definition) is 2. The largest absolute Gasteiger partial charge is 0.490 e. The van der Waals surface area contributed by atoms with E-state index >= 15 is 0 Å². The lowest BCUT2D eigenvalue weighted by Gasteiger charge is -2.33. The molecule has 298 valence electrons. The molecule has 1 aromatic carbocycles. The SMILES string of the molecule is CC1CC2CC(C1)C(NC(=O)c1cnc(-c3cn(C4CCC(F)(F)CC4)c4cc(OC5CCN(c6ccc(F)cn6)CC5)ccc34)nc1C(F)(F)F)(C(=O)O)C2. The van der Waals surface area contributed by atoms with Crippen molar-refractivity contribution < 1.29 is 45.8 Å². The number of piperidine rings is 1. The van der Waals surface area contributed by atoms with Gasteiger partial charge in [-0.05, 0) is 80.5 Å². The third-order valence-electron chi connectivity index (χ3n) is 12.3. The lowest BCUT2D eigenvalue weighted by Crippen LogP contribution is -2.57. The molecule has 4 unspecified atom stereocenters. The van der Waals surface area contributed by atoms with Crippen LogP contribution in [0.3, 0.4) is 0 Å². The zero-order valence-electron chi connectivity index (χ0n) is 30.7. The van der Waals surface area contributed by atoms with E-state index in [4.69, 9.17) is 4.74 Å². The van der Waals surface area contributed by atoms with Crippen molar-refractivity contribution in [3.8, 4) is 17.1 Å². The molecule has 10 nitrogen and oxygen atoms in total. The highest BCUT2D eigenvalue weighted by atomic mass is 19.4. The summed E-state index contributed by atoms with van der Waals surface area (Å²) >= 11 is 0. The van der Waals surface area contributed by atoms with Crippen molar-refractivity contribution in [2.75, 3.05) is 18.0 Å². The lowest BCUT2D eigenvalue weighted by atomic mass is 9.78. The Hall–Kier alpha value is -4.89. The first-order valence-electron chi connectivity index (χ1n) is 19.1. The van der Waals surface area contributed by atoms with Crippen molar-refractivity contribution in [3.05, 3.63) is 66.0 Å². The van der Waals surface area contributed by atoms with E-state index < -0.39 is 52.5 Å². The molecule has 4 atom stereocenters. The highest BCUT2D eigenvalue weighted by Gasteiger charge is 2.56. The van der Waals surface area contributed by atoms with Gasteiger partial charge in [0, 0.05) is 74.2 Å². The van der Waals surface area contributed by atoms with Crippen LogP contribution in [0.1, 0.15) is 93.2 Å². The number of carbonyl (C=O) groups is 2. The summed E-state index contributed by atoms with van der Waals surface area (Å²) < 4.78 is 94.2. The Kier molecular flexibility index (Phi) is 9.67. The van der Waals surface area contributed by atoms with E-state index in [1.165, 1.54) is 12.3 Å². The normalized spacial score (nSPS) is 25.7. The highest BCUT2D eigenvalue weighted by Crippen LogP contribution is 2.51. The molecule has 2 bridgehead atoms. The smallest absolute Gasteiger partial charge is 0.434 e. The third kappa shape index (κ3) is 7.26. The molecule has 4 heterocycles. The van der Waals surface area contributed by atoms with Gasteiger partial charge in [0.15, 0.2) is 11.5 Å². The number of nitrogens with zero attached hydrogens (tertiary/aromatic N) is 5. The second-order valence-electron chi connectivity index (χ2n) is 16.1. The van der Waals surface area contributed by atoms with Crippen molar-refractivity contribution in [1.82, 2.24) is 24.8 Å². The summed E-state index contributed by atoms with van der Waals surface area (Å²) in [4.78, 5) is 40.6. The van der Waals surface area contributed by atoms with E-state index in [0.717, 1.165) is 12.6 Å². The topological polar surface area (TPSA) is 122 Å². The Bertz CT molecular complexity index is 2130. The first kappa shape index (κ1) is 38.0. The molecule has 3 aliphatic carbocycles. The minimum atomic E-state index is -5.10. The van der Waals surface area contributed by atoms with Gasteiger partial charge < -0.3 is 24.6 Å². The first-order chi connectivity index (χ1) is 26.6. The lowest BCUT2D eigenvalue weighted by molar-refractivity contribution is -0.146. The van der Waals surface area contributed by atoms with Gasteiger partial charge in [0.1, 0.15) is 29.0 Å². The van der Waals surface area contributed by atoms with Crippen LogP contribution >= 0.6 is 0 Å². The molecule has 0 spiro atoms. The molecule has 16 heteroatoms. The summed E-state index contributed by atoms with van der Waals surface area (Å²) in [5.74, 6) is -5.05. The fourth-order valence-electron chi connectivity index (χ4n) is 9.61. The average molecular weight is 785 g/mol. The number of fused-ring (bicyclic) bond motifs is 3. The van der Waals surface area contributed by atoms with Crippen LogP contribution in [0.4, 0.5) is 32.2 Å². The quantitative estimate of drug-likeness (QED) is 0.171. The van der Waals surface area contributed by atoms with Gasteiger partial charge in [-0.2, -0.15) is 13.2 Å². The molecule has 1 saturated heterocycles. The van der Waals surface area contributed by atoms with E-state index in [0.29, 0.717) is 61.2 Å². The Morgan fingerprint density at radius 3 is 2.41 bits per heavy atom. The number of rotatable bonds is 8. The average Bonchev–Trinajstić information content (AvgIpc) is 3.65. The molecule has 0 radical (unpaired) electrons. The minimum absolute atomic E-state index is 0.0397. The molecule has 56 heavy (non-hydrogen) atoms. The number of carboxylic acids is 1. The minimum Gasteiger partial charge on any atom is -0.490 e. The van der Waals surface area contributed by atoms with Crippen molar-refractivity contribution in [3.63, 3.8) is 0 Å². The Balaban J connectivity index is 1.10. The number of carbonyl (C=O) groups excluding carboxylic acids is 1. The van der Waals surface area contributed by atoms with Crippen LogP contribution in [-0.2, 0) is 11.0 Å². The van der Waals surface area contributed by atoms with E-state index in [1.54, 1.807) is 35.0 Å². The number of aliphatic carboxylic acids is 1. The number of carboxylic acid groups (broad SMARTS) is 1. The maximum atomic E-state index is 14.7. The van der Waals surface area contributed by atoms with Gasteiger partial charge in [0.25, 0.3) is 5.91 Å². The Labute approximate surface area is 318 Å². The van der Waals surface area contributed by atoms with Gasteiger partial charge in [0.05, 0.1) is 17.3 Å². The standard InChI is InChI=1S/C40H42F6N6O4/c1-22-14-23-16-24(15-22)39(18-23,37(54)55)50-36(53)30-20-48-35(49-34(30)40(44,45)46)31-21-52(26-6-10-38(42,43)11-7-26)32-17-28(3-4-29(31)32)56-27-8-12-51(13-9-27)33-5-2-25(41)19-47-33/h2-5,17,19-24,26-27H,6-16,18H2,1H3,(H,50,53)(H,54,55). The number of nitrogens with one attached hydrogen (secondary N) is 1. The number of aromatic nitrogens is 4. The van der Waals surface area contributed by atoms with E-state index in [9.17, 15) is 41.0 Å². The maximum absolute atomic E-state index is 14.7. The predicted octanol–water partition coefficient (Wildman–Crippen LogP) is 8.46. The van der Waals surface area contributed by atoms with E-state index in [2.05, 4.69) is 20.3 Å². The van der Waals surface area contributed by atoms with Gasteiger partial charge >= 0.3 is 12.1 Å². The fourth-order valence-corrected chi connectivity index (χ4v) is 9.61. The zero-order chi connectivity index (χ0) is 39.6. The summed E-state index contributed by atoms with van der Waals surface area (Å²) in [6, 6.07) is 7.70. The van der Waals surface area contributed by atoms with Crippen molar-refractivity contribution in [2.45, 2.75) is 101 Å². The van der Waals surface area contributed by atoms with Crippen LogP contribution in [0.5, 0.6) is 5.75 Å². The van der Waals surface area contributed by atoms with Gasteiger partial charge in [-0.1, -0.05) is 6.92 Å². The van der Waals surface area contributed by atoms with Crippen LogP contribution < -0.4 is 15.0 Å². The van der Waals surface area contributed by atoms with E-state index in [-0.39, 0.29) is 67.5 Å². The molecule has 1 amide bonds. The Morgan fingerprint density at radius 2 is 1.73 bits per heavy atom. The number of hydrogen-bond acceptors (Lipinski definition) is 7.